The molecule has 0 unspecified atom stereocenters. The number of hydrogen-bond acceptors (Lipinski definition) is 5. The number of rotatable bonds is 3. The highest BCUT2D eigenvalue weighted by molar-refractivity contribution is 7.17. The van der Waals surface area contributed by atoms with E-state index in [1.165, 1.54) is 17.7 Å². The maximum Gasteiger partial charge on any atom is 0.268 e. The number of nitrogens with zero attached hydrogens (tertiary/aromatic N) is 1. The Bertz CT molecular complexity index is 823. The molecule has 1 aromatic carbocycles. The van der Waals surface area contributed by atoms with E-state index in [4.69, 9.17) is 9.47 Å². The van der Waals surface area contributed by atoms with Gasteiger partial charge in [0.15, 0.2) is 11.5 Å². The Morgan fingerprint density at radius 1 is 1.20 bits per heavy atom. The molecule has 2 heterocycles. The highest BCUT2D eigenvalue weighted by Crippen LogP contribution is 2.36. The van der Waals surface area contributed by atoms with Crippen LogP contribution in [-0.4, -0.2) is 24.2 Å². The third kappa shape index (κ3) is 1.94. The minimum absolute atomic E-state index is 0.119. The molecule has 0 saturated carbocycles. The molecule has 2 aromatic heterocycles. The van der Waals surface area contributed by atoms with E-state index in [-0.39, 0.29) is 5.56 Å². The van der Waals surface area contributed by atoms with Gasteiger partial charge in [-0.2, -0.15) is 0 Å². The van der Waals surface area contributed by atoms with Gasteiger partial charge in [0.25, 0.3) is 5.56 Å². The Morgan fingerprint density at radius 3 is 2.75 bits per heavy atom. The maximum absolute atomic E-state index is 11.7. The lowest BCUT2D eigenvalue weighted by molar-refractivity contribution is 0.355. The van der Waals surface area contributed by atoms with Crippen molar-refractivity contribution in [1.82, 2.24) is 9.97 Å². The number of benzene rings is 1. The number of methoxy groups -OCH3 is 2. The van der Waals surface area contributed by atoms with Crippen LogP contribution in [-0.2, 0) is 0 Å². The first-order valence-corrected chi connectivity index (χ1v) is 6.80. The molecule has 3 rings (SSSR count). The van der Waals surface area contributed by atoms with E-state index in [0.717, 1.165) is 11.1 Å². The van der Waals surface area contributed by atoms with Crippen molar-refractivity contribution in [2.24, 2.45) is 0 Å². The molecule has 0 atom stereocenters. The summed E-state index contributed by atoms with van der Waals surface area (Å²) in [7, 11) is 3.19. The van der Waals surface area contributed by atoms with Crippen LogP contribution in [0.15, 0.2) is 34.7 Å². The zero-order valence-electron chi connectivity index (χ0n) is 11.0. The molecule has 6 heteroatoms. The zero-order valence-corrected chi connectivity index (χ0v) is 11.8. The van der Waals surface area contributed by atoms with E-state index in [9.17, 15) is 4.79 Å². The molecule has 5 nitrogen and oxygen atoms in total. The van der Waals surface area contributed by atoms with Crippen molar-refractivity contribution in [3.05, 3.63) is 40.3 Å². The third-order valence-electron chi connectivity index (χ3n) is 3.05. The van der Waals surface area contributed by atoms with Crippen LogP contribution in [0.2, 0.25) is 0 Å². The van der Waals surface area contributed by atoms with Crippen LogP contribution in [0.3, 0.4) is 0 Å². The van der Waals surface area contributed by atoms with Gasteiger partial charge in [0.1, 0.15) is 4.70 Å². The Morgan fingerprint density at radius 2 is 2.00 bits per heavy atom. The van der Waals surface area contributed by atoms with Gasteiger partial charge in [-0.25, -0.2) is 4.98 Å². The summed E-state index contributed by atoms with van der Waals surface area (Å²) in [5.74, 6) is 1.32. The van der Waals surface area contributed by atoms with Crippen LogP contribution in [0.25, 0.3) is 21.3 Å². The van der Waals surface area contributed by atoms with Crippen molar-refractivity contribution in [3.63, 3.8) is 0 Å². The Labute approximate surface area is 118 Å². The van der Waals surface area contributed by atoms with Gasteiger partial charge in [-0.05, 0) is 17.7 Å². The molecule has 102 valence electrons. The molecule has 3 aromatic rings. The molecule has 20 heavy (non-hydrogen) atoms. The topological polar surface area (TPSA) is 64.2 Å². The van der Waals surface area contributed by atoms with Crippen LogP contribution < -0.4 is 15.0 Å². The lowest BCUT2D eigenvalue weighted by Gasteiger charge is -2.09. The molecule has 1 N–H and O–H groups in total. The second-order valence-electron chi connectivity index (χ2n) is 4.13. The average Bonchev–Trinajstić information content (AvgIpc) is 2.92. The maximum atomic E-state index is 11.7. The normalized spacial score (nSPS) is 10.7. The molecule has 0 saturated heterocycles. The first-order chi connectivity index (χ1) is 9.74. The zero-order chi connectivity index (χ0) is 14.1. The number of aromatic amines is 1. The number of fused-ring (bicyclic) bond motifs is 1. The largest absolute Gasteiger partial charge is 0.493 e. The van der Waals surface area contributed by atoms with Crippen molar-refractivity contribution in [2.45, 2.75) is 0 Å². The van der Waals surface area contributed by atoms with Crippen molar-refractivity contribution in [2.75, 3.05) is 14.2 Å². The molecule has 0 bridgehead atoms. The number of thiophene rings is 1. The Kier molecular flexibility index (Phi) is 3.15. The van der Waals surface area contributed by atoms with Gasteiger partial charge in [-0.3, -0.25) is 4.79 Å². The summed E-state index contributed by atoms with van der Waals surface area (Å²) in [4.78, 5) is 18.6. The Hall–Kier alpha value is -2.34. The Balaban J connectivity index is 2.21. The minimum Gasteiger partial charge on any atom is -0.493 e. The van der Waals surface area contributed by atoms with E-state index in [0.29, 0.717) is 21.7 Å². The summed E-state index contributed by atoms with van der Waals surface area (Å²) in [5, 5.41) is 1.92. The molecule has 0 amide bonds. The smallest absolute Gasteiger partial charge is 0.268 e. The number of hydrogen-bond donors (Lipinski definition) is 1. The van der Waals surface area contributed by atoms with Crippen molar-refractivity contribution >= 4 is 21.6 Å². The summed E-state index contributed by atoms with van der Waals surface area (Å²) in [6, 6.07) is 5.64. The predicted octanol–water partition coefficient (Wildman–Crippen LogP) is 2.67. The van der Waals surface area contributed by atoms with Gasteiger partial charge in [-0.1, -0.05) is 6.07 Å². The number of aromatic nitrogens is 2. The van der Waals surface area contributed by atoms with Gasteiger partial charge in [0.05, 0.1) is 26.1 Å². The number of nitrogens with one attached hydrogen (secondary N) is 1. The average molecular weight is 288 g/mol. The molecule has 0 spiro atoms. The highest BCUT2D eigenvalue weighted by Gasteiger charge is 2.12. The monoisotopic (exact) mass is 288 g/mol. The highest BCUT2D eigenvalue weighted by atomic mass is 32.1. The molecular weight excluding hydrogens is 276 g/mol. The third-order valence-corrected chi connectivity index (χ3v) is 4.02. The van der Waals surface area contributed by atoms with Crippen LogP contribution >= 0.6 is 11.3 Å². The predicted molar refractivity (Wildman–Crippen MR) is 78.8 cm³/mol. The minimum atomic E-state index is -0.119. The fourth-order valence-electron chi connectivity index (χ4n) is 2.07. The van der Waals surface area contributed by atoms with Gasteiger partial charge in [0, 0.05) is 10.9 Å². The van der Waals surface area contributed by atoms with E-state index in [1.54, 1.807) is 14.2 Å². The van der Waals surface area contributed by atoms with E-state index in [1.807, 2.05) is 23.6 Å². The first-order valence-electron chi connectivity index (χ1n) is 5.92. The summed E-state index contributed by atoms with van der Waals surface area (Å²) in [6.45, 7) is 0. The second-order valence-corrected chi connectivity index (χ2v) is 5.01. The lowest BCUT2D eigenvalue weighted by Crippen LogP contribution is -2.03. The van der Waals surface area contributed by atoms with Gasteiger partial charge >= 0.3 is 0 Å². The summed E-state index contributed by atoms with van der Waals surface area (Å²) < 4.78 is 11.1. The fraction of sp³-hybridized carbons (Fsp3) is 0.143. The van der Waals surface area contributed by atoms with Crippen LogP contribution in [0, 0.1) is 0 Å². The SMILES string of the molecule is COc1ccc(-c2csc3c(=O)[nH]cnc23)cc1OC. The van der Waals surface area contributed by atoms with Gasteiger partial charge in [0.2, 0.25) is 0 Å². The molecule has 0 aliphatic heterocycles. The van der Waals surface area contributed by atoms with Gasteiger partial charge in [-0.15, -0.1) is 11.3 Å². The van der Waals surface area contributed by atoms with E-state index in [2.05, 4.69) is 9.97 Å². The number of H-pyrrole nitrogens is 1. The molecular formula is C14H12N2O3S. The second kappa shape index (κ2) is 4.97. The fourth-order valence-corrected chi connectivity index (χ4v) is 2.99. The van der Waals surface area contributed by atoms with E-state index >= 15 is 0 Å². The van der Waals surface area contributed by atoms with Crippen molar-refractivity contribution < 1.29 is 9.47 Å². The quantitative estimate of drug-likeness (QED) is 0.804. The van der Waals surface area contributed by atoms with E-state index < -0.39 is 0 Å². The standard InChI is InChI=1S/C14H12N2O3S/c1-18-10-4-3-8(5-11(10)19-2)9-6-20-13-12(9)15-7-16-14(13)17/h3-7H,1-2H3,(H,15,16,17). The summed E-state index contributed by atoms with van der Waals surface area (Å²) in [6.07, 6.45) is 1.42. The summed E-state index contributed by atoms with van der Waals surface area (Å²) in [5.41, 5.74) is 2.43. The van der Waals surface area contributed by atoms with Crippen LogP contribution in [0.4, 0.5) is 0 Å². The molecule has 0 fully saturated rings. The van der Waals surface area contributed by atoms with Gasteiger partial charge < -0.3 is 14.5 Å². The molecule has 0 aliphatic rings. The van der Waals surface area contributed by atoms with Crippen molar-refractivity contribution in [3.8, 4) is 22.6 Å². The number of ether oxygens (including phenoxy) is 2. The van der Waals surface area contributed by atoms with Crippen molar-refractivity contribution in [1.29, 1.82) is 0 Å². The van der Waals surface area contributed by atoms with Crippen LogP contribution in [0.5, 0.6) is 11.5 Å². The molecule has 0 radical (unpaired) electrons. The molecule has 0 aliphatic carbocycles. The first kappa shape index (κ1) is 12.7. The summed E-state index contributed by atoms with van der Waals surface area (Å²) >= 11 is 1.38. The van der Waals surface area contributed by atoms with Crippen LogP contribution in [0.1, 0.15) is 0 Å². The lowest BCUT2D eigenvalue weighted by atomic mass is 10.1.